The highest BCUT2D eigenvalue weighted by atomic mass is 35.5. The van der Waals surface area contributed by atoms with Crippen molar-refractivity contribution in [1.29, 1.82) is 0 Å². The number of hydrogen-bond donors (Lipinski definition) is 0. The topological polar surface area (TPSA) is 20.3 Å². The van der Waals surface area contributed by atoms with E-state index in [2.05, 4.69) is 29.2 Å². The van der Waals surface area contributed by atoms with Crippen LogP contribution in [0.3, 0.4) is 0 Å². The molecule has 0 radical (unpaired) electrons. The van der Waals surface area contributed by atoms with Crippen LogP contribution in [0, 0.1) is 0 Å². The number of amides is 1. The van der Waals surface area contributed by atoms with Crippen LogP contribution in [-0.4, -0.2) is 29.3 Å². The molecule has 1 unspecified atom stereocenters. The first kappa shape index (κ1) is 15.4. The summed E-state index contributed by atoms with van der Waals surface area (Å²) in [6, 6.07) is 10.8. The van der Waals surface area contributed by atoms with Crippen LogP contribution in [0.2, 0.25) is 0 Å². The van der Waals surface area contributed by atoms with Crippen LogP contribution < -0.4 is 0 Å². The summed E-state index contributed by atoms with van der Waals surface area (Å²) in [6.07, 6.45) is 6.99. The van der Waals surface area contributed by atoms with Gasteiger partial charge in [0.2, 0.25) is 5.91 Å². The lowest BCUT2D eigenvalue weighted by molar-refractivity contribution is -0.132. The van der Waals surface area contributed by atoms with Crippen molar-refractivity contribution < 1.29 is 4.79 Å². The number of halogens is 1. The standard InChI is InChI=1S/C17H24ClNO/c18-13-5-10-16-11-6-14-19(16)17(20)12-4-9-15-7-2-1-3-8-15/h1-3,7-8,16H,4-6,9-14H2. The highest BCUT2D eigenvalue weighted by molar-refractivity contribution is 6.17. The Morgan fingerprint density at radius 2 is 2.05 bits per heavy atom. The van der Waals surface area contributed by atoms with Crippen molar-refractivity contribution in [3.63, 3.8) is 0 Å². The van der Waals surface area contributed by atoms with Crippen molar-refractivity contribution in [1.82, 2.24) is 4.90 Å². The van der Waals surface area contributed by atoms with Crippen LogP contribution in [-0.2, 0) is 11.2 Å². The van der Waals surface area contributed by atoms with Crippen LogP contribution in [0.1, 0.15) is 44.1 Å². The number of benzene rings is 1. The Kier molecular flexibility index (Phi) is 6.38. The quantitative estimate of drug-likeness (QED) is 0.695. The molecule has 1 aliphatic heterocycles. The molecule has 1 amide bonds. The normalized spacial score (nSPS) is 18.4. The number of aryl methyl sites for hydroxylation is 1. The number of carbonyl (C=O) groups excluding carboxylic acids is 1. The second kappa shape index (κ2) is 8.31. The lowest BCUT2D eigenvalue weighted by Gasteiger charge is -2.24. The second-order valence-corrected chi connectivity index (χ2v) is 5.93. The number of nitrogens with zero attached hydrogens (tertiary/aromatic N) is 1. The molecule has 1 atom stereocenters. The predicted octanol–water partition coefficient (Wildman–Crippen LogP) is 4.02. The lowest BCUT2D eigenvalue weighted by Crippen LogP contribution is -2.35. The molecular weight excluding hydrogens is 270 g/mol. The van der Waals surface area contributed by atoms with Gasteiger partial charge in [-0.2, -0.15) is 0 Å². The molecule has 0 aliphatic carbocycles. The first-order chi connectivity index (χ1) is 9.81. The third kappa shape index (κ3) is 4.52. The molecule has 110 valence electrons. The molecule has 1 fully saturated rings. The molecule has 1 saturated heterocycles. The van der Waals surface area contributed by atoms with Gasteiger partial charge in [0.15, 0.2) is 0 Å². The minimum Gasteiger partial charge on any atom is -0.340 e. The van der Waals surface area contributed by atoms with Crippen LogP contribution >= 0.6 is 11.6 Å². The third-order valence-electron chi connectivity index (χ3n) is 4.07. The molecule has 2 nitrogen and oxygen atoms in total. The fraction of sp³-hybridized carbons (Fsp3) is 0.588. The van der Waals surface area contributed by atoms with Crippen LogP contribution in [0.5, 0.6) is 0 Å². The summed E-state index contributed by atoms with van der Waals surface area (Å²) >= 11 is 5.76. The maximum absolute atomic E-state index is 12.3. The minimum atomic E-state index is 0.331. The Hall–Kier alpha value is -1.02. The number of alkyl halides is 1. The average Bonchev–Trinajstić information content (AvgIpc) is 2.94. The van der Waals surface area contributed by atoms with Gasteiger partial charge in [-0.3, -0.25) is 4.79 Å². The first-order valence-corrected chi connectivity index (χ1v) is 8.24. The third-order valence-corrected chi connectivity index (χ3v) is 4.33. The highest BCUT2D eigenvalue weighted by Gasteiger charge is 2.27. The smallest absolute Gasteiger partial charge is 0.222 e. The molecule has 20 heavy (non-hydrogen) atoms. The van der Waals surface area contributed by atoms with E-state index in [9.17, 15) is 4.79 Å². The van der Waals surface area contributed by atoms with Crippen LogP contribution in [0.4, 0.5) is 0 Å². The molecule has 0 spiro atoms. The summed E-state index contributed by atoms with van der Waals surface area (Å²) in [7, 11) is 0. The van der Waals surface area contributed by atoms with Gasteiger partial charge >= 0.3 is 0 Å². The molecule has 0 N–H and O–H groups in total. The number of carbonyl (C=O) groups is 1. The SMILES string of the molecule is O=C(CCCc1ccccc1)N1CCCC1CCCCl. The van der Waals surface area contributed by atoms with Gasteiger partial charge in [0.25, 0.3) is 0 Å². The van der Waals surface area contributed by atoms with Gasteiger partial charge in [-0.25, -0.2) is 0 Å². The molecule has 1 aromatic rings. The second-order valence-electron chi connectivity index (χ2n) is 5.55. The molecule has 1 heterocycles. The van der Waals surface area contributed by atoms with E-state index in [0.717, 1.165) is 45.1 Å². The monoisotopic (exact) mass is 293 g/mol. The zero-order valence-corrected chi connectivity index (χ0v) is 12.8. The van der Waals surface area contributed by atoms with Crippen molar-refractivity contribution in [2.45, 2.75) is 51.0 Å². The zero-order chi connectivity index (χ0) is 14.2. The van der Waals surface area contributed by atoms with E-state index in [-0.39, 0.29) is 0 Å². The molecule has 0 aromatic heterocycles. The summed E-state index contributed by atoms with van der Waals surface area (Å²) in [5, 5.41) is 0. The Morgan fingerprint density at radius 1 is 1.25 bits per heavy atom. The van der Waals surface area contributed by atoms with Gasteiger partial charge < -0.3 is 4.90 Å². The Balaban J connectivity index is 1.73. The highest BCUT2D eigenvalue weighted by Crippen LogP contribution is 2.23. The van der Waals surface area contributed by atoms with Crippen molar-refractivity contribution in [2.75, 3.05) is 12.4 Å². The van der Waals surface area contributed by atoms with Gasteiger partial charge in [-0.1, -0.05) is 30.3 Å². The van der Waals surface area contributed by atoms with Gasteiger partial charge in [0.1, 0.15) is 0 Å². The van der Waals surface area contributed by atoms with Gasteiger partial charge in [0.05, 0.1) is 0 Å². The molecule has 3 heteroatoms. The van der Waals surface area contributed by atoms with E-state index >= 15 is 0 Å². The number of rotatable bonds is 7. The Bertz CT molecular complexity index is 407. The van der Waals surface area contributed by atoms with E-state index in [4.69, 9.17) is 11.6 Å². The molecule has 1 aliphatic rings. The van der Waals surface area contributed by atoms with E-state index < -0.39 is 0 Å². The summed E-state index contributed by atoms with van der Waals surface area (Å²) in [5.74, 6) is 1.03. The van der Waals surface area contributed by atoms with Crippen molar-refractivity contribution in [3.05, 3.63) is 35.9 Å². The average molecular weight is 294 g/mol. The summed E-state index contributed by atoms with van der Waals surface area (Å²) in [5.41, 5.74) is 1.32. The zero-order valence-electron chi connectivity index (χ0n) is 12.1. The maximum atomic E-state index is 12.3. The summed E-state index contributed by atoms with van der Waals surface area (Å²) < 4.78 is 0. The Labute approximate surface area is 127 Å². The molecule has 0 bridgehead atoms. The minimum absolute atomic E-state index is 0.331. The number of likely N-dealkylation sites (tertiary alicyclic amines) is 1. The van der Waals surface area contributed by atoms with Gasteiger partial charge in [0, 0.05) is 24.9 Å². The van der Waals surface area contributed by atoms with Gasteiger partial charge in [-0.05, 0) is 44.1 Å². The molecule has 1 aromatic carbocycles. The molecular formula is C17H24ClNO. The van der Waals surface area contributed by atoms with Crippen molar-refractivity contribution >= 4 is 17.5 Å². The van der Waals surface area contributed by atoms with Crippen molar-refractivity contribution in [2.24, 2.45) is 0 Å². The fourth-order valence-electron chi connectivity index (χ4n) is 3.01. The van der Waals surface area contributed by atoms with Crippen LogP contribution in [0.15, 0.2) is 30.3 Å². The van der Waals surface area contributed by atoms with Crippen LogP contribution in [0.25, 0.3) is 0 Å². The largest absolute Gasteiger partial charge is 0.340 e. The Morgan fingerprint density at radius 3 is 2.80 bits per heavy atom. The lowest BCUT2D eigenvalue weighted by atomic mass is 10.1. The summed E-state index contributed by atoms with van der Waals surface area (Å²) in [6.45, 7) is 0.942. The van der Waals surface area contributed by atoms with E-state index in [1.165, 1.54) is 5.56 Å². The first-order valence-electron chi connectivity index (χ1n) is 7.70. The van der Waals surface area contributed by atoms with Crippen molar-refractivity contribution in [3.8, 4) is 0 Å². The van der Waals surface area contributed by atoms with E-state index in [1.54, 1.807) is 0 Å². The fourth-order valence-corrected chi connectivity index (χ4v) is 3.16. The van der Waals surface area contributed by atoms with Gasteiger partial charge in [-0.15, -0.1) is 11.6 Å². The molecule has 2 rings (SSSR count). The summed E-state index contributed by atoms with van der Waals surface area (Å²) in [4.78, 5) is 14.4. The van der Waals surface area contributed by atoms with E-state index in [0.29, 0.717) is 24.2 Å². The maximum Gasteiger partial charge on any atom is 0.222 e. The predicted molar refractivity (Wildman–Crippen MR) is 84.1 cm³/mol. The number of hydrogen-bond acceptors (Lipinski definition) is 1. The van der Waals surface area contributed by atoms with E-state index in [1.807, 2.05) is 6.07 Å². The molecule has 0 saturated carbocycles.